The molecular weight excluding hydrogens is 365 g/mol. The van der Waals surface area contributed by atoms with Gasteiger partial charge in [-0.25, -0.2) is 4.39 Å². The quantitative estimate of drug-likeness (QED) is 0.283. The van der Waals surface area contributed by atoms with Gasteiger partial charge in [-0.05, 0) is 50.5 Å². The Hall–Kier alpha value is -1.90. The van der Waals surface area contributed by atoms with Gasteiger partial charge in [-0.2, -0.15) is 0 Å². The van der Waals surface area contributed by atoms with Crippen molar-refractivity contribution in [3.8, 4) is 5.75 Å². The smallest absolute Gasteiger partial charge is 0.191 e. The Bertz CT molecular complexity index is 565. The molecule has 8 heteroatoms. The molecule has 1 heterocycles. The van der Waals surface area contributed by atoms with Gasteiger partial charge in [-0.15, -0.1) is 0 Å². The molecule has 0 radical (unpaired) electrons. The molecule has 7 nitrogen and oxygen atoms in total. The van der Waals surface area contributed by atoms with E-state index in [9.17, 15) is 9.50 Å². The fourth-order valence-corrected chi connectivity index (χ4v) is 2.69. The van der Waals surface area contributed by atoms with E-state index in [1.165, 1.54) is 24.3 Å². The molecule has 1 aromatic rings. The first kappa shape index (κ1) is 22.4. The number of hydrogen-bond acceptors (Lipinski definition) is 5. The van der Waals surface area contributed by atoms with Gasteiger partial charge in [-0.1, -0.05) is 0 Å². The molecule has 0 aromatic heterocycles. The molecule has 2 unspecified atom stereocenters. The summed E-state index contributed by atoms with van der Waals surface area (Å²) in [5, 5.41) is 16.4. The van der Waals surface area contributed by atoms with Crippen LogP contribution in [0.2, 0.25) is 0 Å². The van der Waals surface area contributed by atoms with Gasteiger partial charge in [0.2, 0.25) is 0 Å². The Morgan fingerprint density at radius 1 is 1.36 bits per heavy atom. The first-order chi connectivity index (χ1) is 13.7. The van der Waals surface area contributed by atoms with E-state index in [1.54, 1.807) is 0 Å². The van der Waals surface area contributed by atoms with Crippen LogP contribution in [-0.4, -0.2) is 69.3 Å². The second-order valence-corrected chi connectivity index (χ2v) is 6.63. The monoisotopic (exact) mass is 397 g/mol. The Morgan fingerprint density at radius 2 is 2.18 bits per heavy atom. The molecule has 0 spiro atoms. The van der Waals surface area contributed by atoms with Gasteiger partial charge in [0.05, 0.1) is 19.3 Å². The Labute approximate surface area is 166 Å². The van der Waals surface area contributed by atoms with Crippen LogP contribution in [0, 0.1) is 5.82 Å². The number of benzene rings is 1. The minimum absolute atomic E-state index is 0.0889. The van der Waals surface area contributed by atoms with E-state index < -0.39 is 6.10 Å². The van der Waals surface area contributed by atoms with Gasteiger partial charge >= 0.3 is 0 Å². The second kappa shape index (κ2) is 13.3. The Balaban J connectivity index is 1.59. The van der Waals surface area contributed by atoms with Crippen molar-refractivity contribution in [3.05, 3.63) is 30.1 Å². The Kier molecular flexibility index (Phi) is 10.6. The summed E-state index contributed by atoms with van der Waals surface area (Å²) in [7, 11) is 0. The van der Waals surface area contributed by atoms with Crippen LogP contribution in [0.25, 0.3) is 0 Å². The Morgan fingerprint density at radius 3 is 2.89 bits per heavy atom. The molecule has 158 valence electrons. The zero-order valence-corrected chi connectivity index (χ0v) is 16.5. The number of halogens is 1. The first-order valence-corrected chi connectivity index (χ1v) is 9.95. The van der Waals surface area contributed by atoms with Crippen LogP contribution in [0.3, 0.4) is 0 Å². The number of hydrogen-bond donors (Lipinski definition) is 3. The van der Waals surface area contributed by atoms with Crippen molar-refractivity contribution in [2.24, 2.45) is 4.99 Å². The van der Waals surface area contributed by atoms with Crippen LogP contribution in [-0.2, 0) is 9.47 Å². The van der Waals surface area contributed by atoms with Gasteiger partial charge in [0, 0.05) is 26.3 Å². The summed E-state index contributed by atoms with van der Waals surface area (Å²) < 4.78 is 29.4. The highest BCUT2D eigenvalue weighted by atomic mass is 19.1. The van der Waals surface area contributed by atoms with E-state index in [1.807, 2.05) is 6.92 Å². The molecule has 1 saturated heterocycles. The maximum absolute atomic E-state index is 12.9. The predicted molar refractivity (Wildman–Crippen MR) is 106 cm³/mol. The lowest BCUT2D eigenvalue weighted by molar-refractivity contribution is 0.0168. The molecule has 3 N–H and O–H groups in total. The predicted octanol–water partition coefficient (Wildman–Crippen LogP) is 1.71. The summed E-state index contributed by atoms with van der Waals surface area (Å²) in [4.78, 5) is 4.36. The molecule has 0 saturated carbocycles. The van der Waals surface area contributed by atoms with Crippen LogP contribution in [0.15, 0.2) is 29.3 Å². The van der Waals surface area contributed by atoms with Crippen LogP contribution in [0.4, 0.5) is 4.39 Å². The van der Waals surface area contributed by atoms with E-state index in [0.717, 1.165) is 39.0 Å². The van der Waals surface area contributed by atoms with Crippen molar-refractivity contribution in [2.75, 3.05) is 46.1 Å². The summed E-state index contributed by atoms with van der Waals surface area (Å²) >= 11 is 0. The zero-order valence-electron chi connectivity index (χ0n) is 16.5. The number of aliphatic imine (C=N–C) groups is 1. The molecule has 1 aliphatic heterocycles. The third-order valence-electron chi connectivity index (χ3n) is 4.15. The van der Waals surface area contributed by atoms with Crippen LogP contribution >= 0.6 is 0 Å². The molecule has 0 amide bonds. The minimum Gasteiger partial charge on any atom is -0.491 e. The van der Waals surface area contributed by atoms with E-state index in [0.29, 0.717) is 24.9 Å². The number of nitrogens with one attached hydrogen (secondary N) is 2. The van der Waals surface area contributed by atoms with Crippen molar-refractivity contribution in [2.45, 2.75) is 38.4 Å². The molecule has 1 aliphatic rings. The number of guanidine groups is 1. The maximum Gasteiger partial charge on any atom is 0.191 e. The third-order valence-corrected chi connectivity index (χ3v) is 4.15. The van der Waals surface area contributed by atoms with Crippen molar-refractivity contribution in [1.82, 2.24) is 10.6 Å². The number of aliphatic hydroxyl groups excluding tert-OH is 1. The highest BCUT2D eigenvalue weighted by molar-refractivity contribution is 5.79. The number of ether oxygens (including phenoxy) is 3. The minimum atomic E-state index is -0.754. The first-order valence-electron chi connectivity index (χ1n) is 9.95. The molecule has 2 rings (SSSR count). The van der Waals surface area contributed by atoms with E-state index in [-0.39, 0.29) is 25.1 Å². The average Bonchev–Trinajstić information content (AvgIpc) is 3.21. The normalized spacial score (nSPS) is 18.1. The summed E-state index contributed by atoms with van der Waals surface area (Å²) in [6.07, 6.45) is 2.57. The van der Waals surface area contributed by atoms with Crippen molar-refractivity contribution >= 4 is 5.96 Å². The third kappa shape index (κ3) is 9.34. The lowest BCUT2D eigenvalue weighted by atomic mass is 10.2. The summed E-state index contributed by atoms with van der Waals surface area (Å²) in [5.74, 6) is 0.830. The highest BCUT2D eigenvalue weighted by Crippen LogP contribution is 2.12. The molecule has 2 atom stereocenters. The van der Waals surface area contributed by atoms with E-state index >= 15 is 0 Å². The van der Waals surface area contributed by atoms with Crippen molar-refractivity contribution in [3.63, 3.8) is 0 Å². The van der Waals surface area contributed by atoms with Crippen LogP contribution < -0.4 is 15.4 Å². The van der Waals surface area contributed by atoms with Crippen molar-refractivity contribution < 1.29 is 23.7 Å². The zero-order chi connectivity index (χ0) is 20.0. The second-order valence-electron chi connectivity index (χ2n) is 6.63. The fourth-order valence-electron chi connectivity index (χ4n) is 2.69. The van der Waals surface area contributed by atoms with E-state index in [4.69, 9.17) is 14.2 Å². The number of aliphatic hydroxyl groups is 1. The summed E-state index contributed by atoms with van der Waals surface area (Å²) in [6, 6.07) is 5.69. The maximum atomic E-state index is 12.9. The van der Waals surface area contributed by atoms with Crippen LogP contribution in [0.1, 0.15) is 26.2 Å². The molecular formula is C20H32FN3O4. The highest BCUT2D eigenvalue weighted by Gasteiger charge is 2.14. The molecule has 0 bridgehead atoms. The number of nitrogens with zero attached hydrogens (tertiary/aromatic N) is 1. The standard InChI is InChI=1S/C20H32FN3O4/c1-2-22-20(23-10-4-11-26-15-19-5-3-12-27-19)24-13-17(25)14-28-18-8-6-16(21)7-9-18/h6-9,17,19,25H,2-5,10-15H2,1H3,(H2,22,23,24). The van der Waals surface area contributed by atoms with E-state index in [2.05, 4.69) is 15.6 Å². The topological polar surface area (TPSA) is 84.3 Å². The number of rotatable bonds is 12. The fraction of sp³-hybridized carbons (Fsp3) is 0.650. The SMILES string of the molecule is CCNC(=NCC(O)COc1ccc(F)cc1)NCCCOCC1CCCO1. The largest absolute Gasteiger partial charge is 0.491 e. The lowest BCUT2D eigenvalue weighted by Crippen LogP contribution is -2.39. The van der Waals surface area contributed by atoms with Gasteiger partial charge in [0.1, 0.15) is 24.3 Å². The van der Waals surface area contributed by atoms with Gasteiger partial charge in [0.25, 0.3) is 0 Å². The lowest BCUT2D eigenvalue weighted by Gasteiger charge is -2.14. The van der Waals surface area contributed by atoms with Crippen molar-refractivity contribution in [1.29, 1.82) is 0 Å². The molecule has 0 aliphatic carbocycles. The summed E-state index contributed by atoms with van der Waals surface area (Å²) in [6.45, 7) is 5.89. The molecule has 28 heavy (non-hydrogen) atoms. The van der Waals surface area contributed by atoms with Gasteiger partial charge < -0.3 is 30.0 Å². The van der Waals surface area contributed by atoms with Gasteiger partial charge in [-0.3, -0.25) is 4.99 Å². The average molecular weight is 397 g/mol. The van der Waals surface area contributed by atoms with Gasteiger partial charge in [0.15, 0.2) is 5.96 Å². The molecule has 1 aromatic carbocycles. The molecule has 1 fully saturated rings. The van der Waals surface area contributed by atoms with Crippen LogP contribution in [0.5, 0.6) is 5.75 Å². The summed E-state index contributed by atoms with van der Waals surface area (Å²) in [5.41, 5.74) is 0.